The molecule has 0 radical (unpaired) electrons. The molecule has 2 aromatic carbocycles. The van der Waals surface area contributed by atoms with Crippen LogP contribution in [0, 0.1) is 18.6 Å². The fourth-order valence-corrected chi connectivity index (χ4v) is 5.16. The summed E-state index contributed by atoms with van der Waals surface area (Å²) in [5, 5.41) is 0. The smallest absolute Gasteiger partial charge is 0.274 e. The van der Waals surface area contributed by atoms with E-state index >= 15 is 0 Å². The molecule has 0 saturated carbocycles. The molecule has 10 heteroatoms. The molecule has 2 aromatic heterocycles. The number of ether oxygens (including phenoxy) is 1. The standard InChI is InChI=1S/C25H22F2N4O3.ClH/c1-13-8-21-19(29-24(32)22-12-28-23(31(21)22)14-3-6-34-7-4-14)10-16(13)25(33)30-5-2-15-9-17(26)18(27)11-20(15)30;/h8-12,14H,2-7H2,1H3,(H,29,32);1H. The maximum absolute atomic E-state index is 13.9. The van der Waals surface area contributed by atoms with E-state index in [1.807, 2.05) is 17.4 Å². The van der Waals surface area contributed by atoms with Gasteiger partial charge >= 0.3 is 0 Å². The predicted molar refractivity (Wildman–Crippen MR) is 130 cm³/mol. The van der Waals surface area contributed by atoms with Crippen LogP contribution in [-0.2, 0) is 11.2 Å². The molecule has 4 aromatic rings. The Morgan fingerprint density at radius 2 is 1.86 bits per heavy atom. The highest BCUT2D eigenvalue weighted by Gasteiger charge is 2.29. The zero-order chi connectivity index (χ0) is 23.6. The second-order valence-corrected chi connectivity index (χ2v) is 8.96. The van der Waals surface area contributed by atoms with Gasteiger partial charge in [-0.1, -0.05) is 0 Å². The number of halogens is 3. The summed E-state index contributed by atoms with van der Waals surface area (Å²) in [4.78, 5) is 35.2. The molecule has 6 rings (SSSR count). The first-order valence-electron chi connectivity index (χ1n) is 11.3. The molecule has 1 saturated heterocycles. The van der Waals surface area contributed by atoms with E-state index in [0.717, 1.165) is 36.3 Å². The topological polar surface area (TPSA) is 79.7 Å². The van der Waals surface area contributed by atoms with Crippen LogP contribution in [0.5, 0.6) is 0 Å². The maximum atomic E-state index is 13.9. The molecule has 0 spiro atoms. The summed E-state index contributed by atoms with van der Waals surface area (Å²) in [6.45, 7) is 3.47. The third kappa shape index (κ3) is 3.70. The highest BCUT2D eigenvalue weighted by atomic mass is 35.5. The summed E-state index contributed by atoms with van der Waals surface area (Å²) in [5.74, 6) is -1.23. The number of hydrogen-bond acceptors (Lipinski definition) is 4. The van der Waals surface area contributed by atoms with E-state index in [9.17, 15) is 18.4 Å². The Kier molecular flexibility index (Phi) is 5.85. The van der Waals surface area contributed by atoms with E-state index in [2.05, 4.69) is 9.97 Å². The van der Waals surface area contributed by atoms with Crippen LogP contribution >= 0.6 is 12.4 Å². The number of rotatable bonds is 2. The number of amides is 1. The normalized spacial score (nSPS) is 16.0. The number of aryl methyl sites for hydroxylation is 1. The molecule has 2 aliphatic heterocycles. The highest BCUT2D eigenvalue weighted by Crippen LogP contribution is 2.33. The Bertz CT molecular complexity index is 1540. The Morgan fingerprint density at radius 3 is 2.63 bits per heavy atom. The first-order valence-corrected chi connectivity index (χ1v) is 11.3. The van der Waals surface area contributed by atoms with E-state index in [1.165, 1.54) is 4.90 Å². The maximum Gasteiger partial charge on any atom is 0.274 e. The van der Waals surface area contributed by atoms with Crippen LogP contribution in [0.3, 0.4) is 0 Å². The van der Waals surface area contributed by atoms with Crippen molar-refractivity contribution in [3.05, 3.63) is 75.0 Å². The summed E-state index contributed by atoms with van der Waals surface area (Å²) in [5.41, 5.74) is 3.54. The van der Waals surface area contributed by atoms with Crippen LogP contribution in [0.15, 0.2) is 35.3 Å². The van der Waals surface area contributed by atoms with Crippen molar-refractivity contribution in [1.29, 1.82) is 0 Å². The summed E-state index contributed by atoms with van der Waals surface area (Å²) in [7, 11) is 0. The van der Waals surface area contributed by atoms with Gasteiger partial charge in [-0.15, -0.1) is 12.4 Å². The Morgan fingerprint density at radius 1 is 1.11 bits per heavy atom. The molecule has 2 aliphatic rings. The van der Waals surface area contributed by atoms with Gasteiger partial charge in [-0.25, -0.2) is 13.8 Å². The molecule has 0 aliphatic carbocycles. The van der Waals surface area contributed by atoms with E-state index in [-0.39, 0.29) is 29.8 Å². The van der Waals surface area contributed by atoms with E-state index < -0.39 is 11.6 Å². The number of nitrogens with one attached hydrogen (secondary N) is 1. The zero-order valence-corrected chi connectivity index (χ0v) is 19.8. The average Bonchev–Trinajstić information content (AvgIpc) is 3.45. The minimum atomic E-state index is -0.985. The summed E-state index contributed by atoms with van der Waals surface area (Å²) in [6, 6.07) is 5.76. The van der Waals surface area contributed by atoms with Crippen molar-refractivity contribution in [2.45, 2.75) is 32.1 Å². The predicted octanol–water partition coefficient (Wildman–Crippen LogP) is 4.28. The minimum Gasteiger partial charge on any atom is -0.381 e. The number of anilines is 1. The van der Waals surface area contributed by atoms with Gasteiger partial charge in [0.1, 0.15) is 11.3 Å². The average molecular weight is 501 g/mol. The van der Waals surface area contributed by atoms with E-state index in [0.29, 0.717) is 59.6 Å². The van der Waals surface area contributed by atoms with Gasteiger partial charge in [0.15, 0.2) is 11.6 Å². The quantitative estimate of drug-likeness (QED) is 0.445. The Hall–Kier alpha value is -3.30. The van der Waals surface area contributed by atoms with Gasteiger partial charge in [0.2, 0.25) is 0 Å². The van der Waals surface area contributed by atoms with Crippen LogP contribution in [0.4, 0.5) is 14.5 Å². The van der Waals surface area contributed by atoms with Crippen molar-refractivity contribution >= 4 is 40.6 Å². The lowest BCUT2D eigenvalue weighted by atomic mass is 9.99. The van der Waals surface area contributed by atoms with Crippen molar-refractivity contribution in [3.63, 3.8) is 0 Å². The highest BCUT2D eigenvalue weighted by molar-refractivity contribution is 6.09. The number of fused-ring (bicyclic) bond motifs is 4. The second-order valence-electron chi connectivity index (χ2n) is 8.96. The second kappa shape index (κ2) is 8.73. The number of aromatic nitrogens is 3. The summed E-state index contributed by atoms with van der Waals surface area (Å²) >= 11 is 0. The van der Waals surface area contributed by atoms with Crippen molar-refractivity contribution in [2.24, 2.45) is 0 Å². The zero-order valence-electron chi connectivity index (χ0n) is 18.9. The molecule has 182 valence electrons. The van der Waals surface area contributed by atoms with Crippen molar-refractivity contribution in [1.82, 2.24) is 14.4 Å². The number of aromatic amines is 1. The monoisotopic (exact) mass is 500 g/mol. The molecule has 0 atom stereocenters. The first-order chi connectivity index (χ1) is 16.4. The lowest BCUT2D eigenvalue weighted by Crippen LogP contribution is -2.29. The number of nitrogens with zero attached hydrogens (tertiary/aromatic N) is 3. The molecule has 7 nitrogen and oxygen atoms in total. The van der Waals surface area contributed by atoms with E-state index in [4.69, 9.17) is 4.74 Å². The van der Waals surface area contributed by atoms with Crippen LogP contribution in [0.25, 0.3) is 16.6 Å². The lowest BCUT2D eigenvalue weighted by molar-refractivity contribution is 0.0835. The number of H-pyrrole nitrogens is 1. The van der Waals surface area contributed by atoms with Gasteiger partial charge in [0, 0.05) is 37.3 Å². The van der Waals surface area contributed by atoms with Crippen LogP contribution in [-0.4, -0.2) is 40.0 Å². The van der Waals surface area contributed by atoms with Crippen molar-refractivity contribution in [3.8, 4) is 0 Å². The molecule has 0 unspecified atom stereocenters. The van der Waals surface area contributed by atoms with Gasteiger partial charge in [-0.2, -0.15) is 0 Å². The van der Waals surface area contributed by atoms with Gasteiger partial charge in [-0.3, -0.25) is 14.0 Å². The molecule has 4 heterocycles. The number of carbonyl (C=O) groups is 1. The van der Waals surface area contributed by atoms with Gasteiger partial charge in [0.05, 0.1) is 22.9 Å². The molecule has 1 amide bonds. The van der Waals surface area contributed by atoms with Crippen LogP contribution in [0.1, 0.15) is 46.1 Å². The van der Waals surface area contributed by atoms with Gasteiger partial charge in [-0.05, 0) is 55.5 Å². The lowest BCUT2D eigenvalue weighted by Gasteiger charge is -2.22. The fourth-order valence-electron chi connectivity index (χ4n) is 5.16. The number of benzene rings is 2. The van der Waals surface area contributed by atoms with Gasteiger partial charge in [0.25, 0.3) is 11.5 Å². The molecule has 0 bridgehead atoms. The van der Waals surface area contributed by atoms with Crippen LogP contribution in [0.2, 0.25) is 0 Å². The number of imidazole rings is 1. The molecule has 35 heavy (non-hydrogen) atoms. The number of hydrogen-bond donors (Lipinski definition) is 1. The molecular weight excluding hydrogens is 478 g/mol. The summed E-state index contributed by atoms with van der Waals surface area (Å²) in [6.07, 6.45) is 3.70. The van der Waals surface area contributed by atoms with Crippen LogP contribution < -0.4 is 10.5 Å². The van der Waals surface area contributed by atoms with Gasteiger partial charge < -0.3 is 14.6 Å². The van der Waals surface area contributed by atoms with E-state index in [1.54, 1.807) is 12.3 Å². The van der Waals surface area contributed by atoms with Crippen molar-refractivity contribution < 1.29 is 18.3 Å². The number of carbonyl (C=O) groups excluding carboxylic acids is 1. The SMILES string of the molecule is Cc1cc2c(cc1C(=O)N1CCc3cc(F)c(F)cc31)[nH]c(=O)c1cnc(C3CCOCC3)n12.Cl. The largest absolute Gasteiger partial charge is 0.381 e. The first kappa shape index (κ1) is 23.4. The molecule has 1 fully saturated rings. The Balaban J connectivity index is 0.00000253. The summed E-state index contributed by atoms with van der Waals surface area (Å²) < 4.78 is 34.9. The molecule has 1 N–H and O–H groups in total. The third-order valence-electron chi connectivity index (χ3n) is 6.93. The fraction of sp³-hybridized carbons (Fsp3) is 0.320. The van der Waals surface area contributed by atoms with Crippen molar-refractivity contribution in [2.75, 3.05) is 24.7 Å². The minimum absolute atomic E-state index is 0. The Labute approximate surface area is 205 Å². The molecular formula is C25H23ClF2N4O3. The third-order valence-corrected chi connectivity index (χ3v) is 6.93.